The fourth-order valence-corrected chi connectivity index (χ4v) is 2.00. The summed E-state index contributed by atoms with van der Waals surface area (Å²) in [6.45, 7) is 0. The summed E-state index contributed by atoms with van der Waals surface area (Å²) in [5.41, 5.74) is 1.39. The molecule has 1 atom stereocenters. The zero-order chi connectivity index (χ0) is 14.7. The number of hydrogen-bond donors (Lipinski definition) is 2. The van der Waals surface area contributed by atoms with Crippen LogP contribution in [0.25, 0.3) is 0 Å². The Labute approximate surface area is 117 Å². The standard InChI is InChI=1S/C14H17N3O3/c1-17(2)10-5-3-4-9(8-10)13(19)15-11-6-7-12(18)16-14(11)20/h3-5,8,11H,6-7H2,1-2H3,(H,15,19)(H,16,18,20). The number of anilines is 1. The highest BCUT2D eigenvalue weighted by atomic mass is 16.2. The Morgan fingerprint density at radius 2 is 2.10 bits per heavy atom. The van der Waals surface area contributed by atoms with E-state index in [1.807, 2.05) is 25.1 Å². The van der Waals surface area contributed by atoms with Crippen LogP contribution in [0.4, 0.5) is 5.69 Å². The van der Waals surface area contributed by atoms with Gasteiger partial charge >= 0.3 is 0 Å². The number of amides is 3. The van der Waals surface area contributed by atoms with E-state index < -0.39 is 11.9 Å². The van der Waals surface area contributed by atoms with E-state index in [2.05, 4.69) is 10.6 Å². The molecule has 1 aromatic rings. The second-order valence-electron chi connectivity index (χ2n) is 4.92. The van der Waals surface area contributed by atoms with Crippen molar-refractivity contribution >= 4 is 23.4 Å². The van der Waals surface area contributed by atoms with Gasteiger partial charge in [-0.15, -0.1) is 0 Å². The van der Waals surface area contributed by atoms with Gasteiger partial charge < -0.3 is 10.2 Å². The monoisotopic (exact) mass is 275 g/mol. The van der Waals surface area contributed by atoms with E-state index in [4.69, 9.17) is 0 Å². The Hall–Kier alpha value is -2.37. The van der Waals surface area contributed by atoms with Crippen LogP contribution >= 0.6 is 0 Å². The maximum Gasteiger partial charge on any atom is 0.252 e. The molecule has 0 bridgehead atoms. The number of piperidine rings is 1. The fourth-order valence-electron chi connectivity index (χ4n) is 2.00. The third-order valence-electron chi connectivity index (χ3n) is 3.17. The van der Waals surface area contributed by atoms with E-state index in [9.17, 15) is 14.4 Å². The molecule has 1 saturated heterocycles. The average Bonchev–Trinajstić information content (AvgIpc) is 2.42. The number of carbonyl (C=O) groups is 3. The highest BCUT2D eigenvalue weighted by Gasteiger charge is 2.28. The fraction of sp³-hybridized carbons (Fsp3) is 0.357. The first-order valence-electron chi connectivity index (χ1n) is 6.39. The van der Waals surface area contributed by atoms with Crippen LogP contribution in [0.15, 0.2) is 24.3 Å². The van der Waals surface area contributed by atoms with Gasteiger partial charge in [0.2, 0.25) is 11.8 Å². The van der Waals surface area contributed by atoms with E-state index >= 15 is 0 Å². The van der Waals surface area contributed by atoms with Crippen molar-refractivity contribution in [2.75, 3.05) is 19.0 Å². The predicted octanol–water partition coefficient (Wildman–Crippen LogP) is 0.288. The lowest BCUT2D eigenvalue weighted by Gasteiger charge is -2.22. The van der Waals surface area contributed by atoms with Gasteiger partial charge in [0.15, 0.2) is 0 Å². The van der Waals surface area contributed by atoms with E-state index in [0.29, 0.717) is 12.0 Å². The Balaban J connectivity index is 2.06. The molecule has 6 heteroatoms. The predicted molar refractivity (Wildman–Crippen MR) is 74.4 cm³/mol. The quantitative estimate of drug-likeness (QED) is 0.777. The topological polar surface area (TPSA) is 78.5 Å². The summed E-state index contributed by atoms with van der Waals surface area (Å²) < 4.78 is 0. The molecule has 1 aromatic carbocycles. The van der Waals surface area contributed by atoms with Crippen molar-refractivity contribution in [1.82, 2.24) is 10.6 Å². The summed E-state index contributed by atoms with van der Waals surface area (Å²) in [4.78, 5) is 36.6. The lowest BCUT2D eigenvalue weighted by Crippen LogP contribution is -2.52. The van der Waals surface area contributed by atoms with E-state index in [-0.39, 0.29) is 18.2 Å². The number of nitrogens with zero attached hydrogens (tertiary/aromatic N) is 1. The molecule has 1 aliphatic heterocycles. The minimum absolute atomic E-state index is 0.244. The van der Waals surface area contributed by atoms with Crippen LogP contribution in [0.1, 0.15) is 23.2 Å². The van der Waals surface area contributed by atoms with Crippen LogP contribution in [0.2, 0.25) is 0 Å². The highest BCUT2D eigenvalue weighted by molar-refractivity contribution is 6.03. The van der Waals surface area contributed by atoms with Crippen molar-refractivity contribution in [3.05, 3.63) is 29.8 Å². The van der Waals surface area contributed by atoms with Gasteiger partial charge in [-0.2, -0.15) is 0 Å². The first-order valence-corrected chi connectivity index (χ1v) is 6.39. The van der Waals surface area contributed by atoms with Gasteiger partial charge in [0.25, 0.3) is 5.91 Å². The van der Waals surface area contributed by atoms with Gasteiger partial charge in [0, 0.05) is 31.8 Å². The summed E-state index contributed by atoms with van der Waals surface area (Å²) in [5.74, 6) is -1.06. The number of imide groups is 1. The molecule has 0 aromatic heterocycles. The first kappa shape index (κ1) is 14.0. The minimum Gasteiger partial charge on any atom is -0.378 e. The Kier molecular flexibility index (Phi) is 4.02. The Morgan fingerprint density at radius 1 is 1.35 bits per heavy atom. The zero-order valence-electron chi connectivity index (χ0n) is 11.5. The molecule has 106 valence electrons. The second-order valence-corrected chi connectivity index (χ2v) is 4.92. The molecular weight excluding hydrogens is 258 g/mol. The van der Waals surface area contributed by atoms with Crippen LogP contribution in [-0.4, -0.2) is 37.9 Å². The van der Waals surface area contributed by atoms with Crippen molar-refractivity contribution in [3.63, 3.8) is 0 Å². The van der Waals surface area contributed by atoms with Gasteiger partial charge in [-0.05, 0) is 24.6 Å². The molecule has 0 saturated carbocycles. The highest BCUT2D eigenvalue weighted by Crippen LogP contribution is 2.14. The number of nitrogens with one attached hydrogen (secondary N) is 2. The molecule has 1 aliphatic rings. The van der Waals surface area contributed by atoms with E-state index in [1.54, 1.807) is 18.2 Å². The summed E-state index contributed by atoms with van der Waals surface area (Å²) in [7, 11) is 3.77. The van der Waals surface area contributed by atoms with Gasteiger partial charge in [-0.25, -0.2) is 0 Å². The summed E-state index contributed by atoms with van der Waals surface area (Å²) in [6.07, 6.45) is 0.582. The summed E-state index contributed by atoms with van der Waals surface area (Å²) in [5, 5.41) is 4.86. The van der Waals surface area contributed by atoms with Crippen LogP contribution in [0.3, 0.4) is 0 Å². The third kappa shape index (κ3) is 3.14. The van der Waals surface area contributed by atoms with Crippen molar-refractivity contribution < 1.29 is 14.4 Å². The van der Waals surface area contributed by atoms with Gasteiger partial charge in [-0.1, -0.05) is 6.07 Å². The Morgan fingerprint density at radius 3 is 2.75 bits per heavy atom. The molecule has 0 aliphatic carbocycles. The maximum absolute atomic E-state index is 12.1. The second kappa shape index (κ2) is 5.73. The van der Waals surface area contributed by atoms with Gasteiger partial charge in [0.05, 0.1) is 0 Å². The zero-order valence-corrected chi connectivity index (χ0v) is 11.5. The van der Waals surface area contributed by atoms with Crippen LogP contribution in [-0.2, 0) is 9.59 Å². The Bertz CT molecular complexity index is 554. The normalized spacial score (nSPS) is 18.4. The van der Waals surface area contributed by atoms with Crippen LogP contribution < -0.4 is 15.5 Å². The molecule has 2 rings (SSSR count). The molecule has 3 amide bonds. The summed E-state index contributed by atoms with van der Waals surface area (Å²) in [6, 6.07) is 6.47. The largest absolute Gasteiger partial charge is 0.378 e. The molecule has 1 unspecified atom stereocenters. The third-order valence-corrected chi connectivity index (χ3v) is 3.17. The maximum atomic E-state index is 12.1. The van der Waals surface area contributed by atoms with E-state index in [0.717, 1.165) is 5.69 Å². The van der Waals surface area contributed by atoms with Crippen molar-refractivity contribution in [3.8, 4) is 0 Å². The molecule has 0 spiro atoms. The number of hydrogen-bond acceptors (Lipinski definition) is 4. The molecular formula is C14H17N3O3. The molecule has 0 radical (unpaired) electrons. The van der Waals surface area contributed by atoms with Crippen molar-refractivity contribution in [1.29, 1.82) is 0 Å². The lowest BCUT2D eigenvalue weighted by molar-refractivity contribution is -0.134. The molecule has 6 nitrogen and oxygen atoms in total. The average molecular weight is 275 g/mol. The van der Waals surface area contributed by atoms with Crippen LogP contribution in [0, 0.1) is 0 Å². The number of carbonyl (C=O) groups excluding carboxylic acids is 3. The van der Waals surface area contributed by atoms with Crippen molar-refractivity contribution in [2.45, 2.75) is 18.9 Å². The molecule has 1 heterocycles. The molecule has 20 heavy (non-hydrogen) atoms. The van der Waals surface area contributed by atoms with Gasteiger partial charge in [-0.3, -0.25) is 19.7 Å². The SMILES string of the molecule is CN(C)c1cccc(C(=O)NC2CCC(=O)NC2=O)c1. The number of rotatable bonds is 3. The van der Waals surface area contributed by atoms with Gasteiger partial charge in [0.1, 0.15) is 6.04 Å². The summed E-state index contributed by atoms with van der Waals surface area (Å²) >= 11 is 0. The smallest absolute Gasteiger partial charge is 0.252 e. The minimum atomic E-state index is -0.650. The first-order chi connectivity index (χ1) is 9.47. The van der Waals surface area contributed by atoms with Crippen LogP contribution in [0.5, 0.6) is 0 Å². The molecule has 1 fully saturated rings. The van der Waals surface area contributed by atoms with Crippen molar-refractivity contribution in [2.24, 2.45) is 0 Å². The van der Waals surface area contributed by atoms with E-state index in [1.165, 1.54) is 0 Å². The number of benzene rings is 1. The molecule has 2 N–H and O–H groups in total. The lowest BCUT2D eigenvalue weighted by atomic mass is 10.1.